The van der Waals surface area contributed by atoms with Gasteiger partial charge in [-0.15, -0.1) is 0 Å². The highest BCUT2D eigenvalue weighted by Gasteiger charge is 2.67. The first-order valence-corrected chi connectivity index (χ1v) is 13.4. The summed E-state index contributed by atoms with van der Waals surface area (Å²) in [5, 5.41) is 21.8. The van der Waals surface area contributed by atoms with Gasteiger partial charge in [-0.25, -0.2) is 0 Å². The topological polar surface area (TPSA) is 57.5 Å². The maximum absolute atomic E-state index is 14.0. The van der Waals surface area contributed by atoms with Gasteiger partial charge in [-0.1, -0.05) is 64.8 Å². The molecule has 0 heterocycles. The van der Waals surface area contributed by atoms with Crippen LogP contribution in [0.2, 0.25) is 0 Å². The largest absolute Gasteiger partial charge is 0.393 e. The highest BCUT2D eigenvalue weighted by Crippen LogP contribution is 2.72. The first kappa shape index (κ1) is 25.2. The Morgan fingerprint density at radius 2 is 1.82 bits per heavy atom. The van der Waals surface area contributed by atoms with Crippen LogP contribution in [0.4, 0.5) is 0 Å². The van der Waals surface area contributed by atoms with E-state index in [4.69, 9.17) is 0 Å². The van der Waals surface area contributed by atoms with Crippen molar-refractivity contribution in [3.63, 3.8) is 0 Å². The lowest BCUT2D eigenvalue weighted by atomic mass is 9.40. The number of hydrogen-bond donors (Lipinski definition) is 2. The summed E-state index contributed by atoms with van der Waals surface area (Å²) in [7, 11) is 0. The summed E-state index contributed by atoms with van der Waals surface area (Å²) in [5.41, 5.74) is 2.31. The lowest BCUT2D eigenvalue weighted by molar-refractivity contribution is -0.156. The Labute approximate surface area is 202 Å². The molecule has 9 atom stereocenters. The Hall–Kier alpha value is -0.930. The molecule has 4 aliphatic rings. The monoisotopic (exact) mass is 456 g/mol. The van der Waals surface area contributed by atoms with Gasteiger partial charge in [0.15, 0.2) is 0 Å². The van der Waals surface area contributed by atoms with Crippen LogP contribution in [0.25, 0.3) is 0 Å². The molecule has 0 bridgehead atoms. The van der Waals surface area contributed by atoms with E-state index >= 15 is 0 Å². The molecular formula is C30H48O3. The van der Waals surface area contributed by atoms with Gasteiger partial charge in [0.25, 0.3) is 0 Å². The predicted octanol–water partition coefficient (Wildman–Crippen LogP) is 6.48. The molecule has 186 valence electrons. The third-order valence-electron chi connectivity index (χ3n) is 11.6. The van der Waals surface area contributed by atoms with Crippen molar-refractivity contribution in [1.29, 1.82) is 0 Å². The van der Waals surface area contributed by atoms with Gasteiger partial charge >= 0.3 is 0 Å². The second kappa shape index (κ2) is 8.05. The molecule has 0 saturated heterocycles. The van der Waals surface area contributed by atoms with Crippen molar-refractivity contribution in [3.8, 4) is 0 Å². The average molecular weight is 457 g/mol. The quantitative estimate of drug-likeness (QED) is 0.476. The molecule has 2 N–H and O–H groups in total. The first-order chi connectivity index (χ1) is 15.2. The Balaban J connectivity index is 1.70. The molecular weight excluding hydrogens is 408 g/mol. The van der Waals surface area contributed by atoms with Crippen molar-refractivity contribution in [2.24, 2.45) is 45.3 Å². The number of carbonyl (C=O) groups is 1. The van der Waals surface area contributed by atoms with Crippen LogP contribution in [-0.4, -0.2) is 28.2 Å². The van der Waals surface area contributed by atoms with E-state index in [1.165, 1.54) is 11.1 Å². The number of aliphatic hydroxyl groups excluding tert-OH is 2. The number of hydrogen-bond acceptors (Lipinski definition) is 3. The first-order valence-electron chi connectivity index (χ1n) is 13.4. The molecule has 33 heavy (non-hydrogen) atoms. The van der Waals surface area contributed by atoms with Crippen LogP contribution >= 0.6 is 0 Å². The van der Waals surface area contributed by atoms with E-state index in [1.54, 1.807) is 0 Å². The summed E-state index contributed by atoms with van der Waals surface area (Å²) in [4.78, 5) is 14.0. The van der Waals surface area contributed by atoms with Crippen molar-refractivity contribution in [2.75, 3.05) is 0 Å². The third kappa shape index (κ3) is 3.46. The zero-order valence-corrected chi connectivity index (χ0v) is 22.4. The minimum atomic E-state index is -0.361. The van der Waals surface area contributed by atoms with Crippen molar-refractivity contribution in [2.45, 2.75) is 113 Å². The molecule has 0 aromatic carbocycles. The van der Waals surface area contributed by atoms with Gasteiger partial charge in [0.2, 0.25) is 0 Å². The molecule has 3 nitrogen and oxygen atoms in total. The van der Waals surface area contributed by atoms with E-state index < -0.39 is 0 Å². The molecule has 0 aromatic heterocycles. The Morgan fingerprint density at radius 1 is 1.15 bits per heavy atom. The van der Waals surface area contributed by atoms with Gasteiger partial charge in [-0.3, -0.25) is 4.79 Å². The van der Waals surface area contributed by atoms with Gasteiger partial charge < -0.3 is 10.2 Å². The zero-order chi connectivity index (χ0) is 24.6. The number of carbonyl (C=O) groups excluding carboxylic acids is 1. The second-order valence-electron chi connectivity index (χ2n) is 13.7. The SMILES string of the molecule is CC(C)=CCC(O)C(C)C1CCC2(C)C3=CCC4C(C)(C)C(O)CCC4(C)C3C(=O)CC12C. The predicted molar refractivity (Wildman–Crippen MR) is 135 cm³/mol. The van der Waals surface area contributed by atoms with Crippen LogP contribution in [0, 0.1) is 45.3 Å². The van der Waals surface area contributed by atoms with Crippen LogP contribution in [0.3, 0.4) is 0 Å². The molecule has 3 fully saturated rings. The minimum Gasteiger partial charge on any atom is -0.393 e. The molecule has 0 radical (unpaired) electrons. The molecule has 3 heteroatoms. The lowest BCUT2D eigenvalue weighted by Gasteiger charge is -2.63. The van der Waals surface area contributed by atoms with Gasteiger partial charge in [-0.05, 0) is 91.8 Å². The number of ketones is 1. The maximum Gasteiger partial charge on any atom is 0.141 e. The standard InChI is InChI=1S/C30H48O3/c1-18(2)9-11-22(31)19(3)20-13-16-29(7)21-10-12-24-27(4,5)25(33)14-15-28(24,6)26(21)23(32)17-30(20,29)8/h9-10,19-20,22,24-26,31,33H,11-17H2,1-8H3. The average Bonchev–Trinajstić information content (AvgIpc) is 2.99. The fourth-order valence-electron chi connectivity index (χ4n) is 9.20. The van der Waals surface area contributed by atoms with E-state index in [2.05, 4.69) is 67.5 Å². The molecule has 4 rings (SSSR count). The minimum absolute atomic E-state index is 0.00856. The number of rotatable bonds is 4. The maximum atomic E-state index is 14.0. The molecule has 3 saturated carbocycles. The van der Waals surface area contributed by atoms with Gasteiger partial charge in [0.05, 0.1) is 12.2 Å². The lowest BCUT2D eigenvalue weighted by Crippen LogP contribution is -2.60. The van der Waals surface area contributed by atoms with Crippen LogP contribution < -0.4 is 0 Å². The fraction of sp³-hybridized carbons (Fsp3) is 0.833. The van der Waals surface area contributed by atoms with E-state index in [-0.39, 0.29) is 45.7 Å². The van der Waals surface area contributed by atoms with Crippen molar-refractivity contribution in [1.82, 2.24) is 0 Å². The van der Waals surface area contributed by atoms with Crippen LogP contribution in [0.1, 0.15) is 100 Å². The summed E-state index contributed by atoms with van der Waals surface area (Å²) in [6, 6.07) is 0. The van der Waals surface area contributed by atoms with E-state index in [9.17, 15) is 15.0 Å². The molecule has 0 amide bonds. The summed E-state index contributed by atoms with van der Waals surface area (Å²) < 4.78 is 0. The van der Waals surface area contributed by atoms with E-state index in [0.29, 0.717) is 30.5 Å². The van der Waals surface area contributed by atoms with Gasteiger partial charge in [0.1, 0.15) is 5.78 Å². The van der Waals surface area contributed by atoms with Crippen molar-refractivity contribution in [3.05, 3.63) is 23.3 Å². The third-order valence-corrected chi connectivity index (χ3v) is 11.6. The fourth-order valence-corrected chi connectivity index (χ4v) is 9.20. The number of fused-ring (bicyclic) bond motifs is 5. The zero-order valence-electron chi connectivity index (χ0n) is 22.4. The Morgan fingerprint density at radius 3 is 2.45 bits per heavy atom. The normalized spacial score (nSPS) is 45.9. The number of aliphatic hydroxyl groups is 2. The molecule has 4 aliphatic carbocycles. The Kier molecular flexibility index (Phi) is 6.14. The molecule has 0 aromatic rings. The highest BCUT2D eigenvalue weighted by atomic mass is 16.3. The summed E-state index contributed by atoms with van der Waals surface area (Å²) in [6.07, 6.45) is 10.1. The number of allylic oxidation sites excluding steroid dienone is 3. The number of Topliss-reactive ketones (excluding diaryl/α,β-unsaturated/α-hetero) is 1. The van der Waals surface area contributed by atoms with Crippen LogP contribution in [0.5, 0.6) is 0 Å². The smallest absolute Gasteiger partial charge is 0.141 e. The summed E-state index contributed by atoms with van der Waals surface area (Å²) in [6.45, 7) is 17.9. The molecule has 0 spiro atoms. The molecule has 0 aliphatic heterocycles. The molecule has 9 unspecified atom stereocenters. The van der Waals surface area contributed by atoms with Crippen LogP contribution in [-0.2, 0) is 4.79 Å². The second-order valence-corrected chi connectivity index (χ2v) is 13.7. The van der Waals surface area contributed by atoms with Crippen LogP contribution in [0.15, 0.2) is 23.3 Å². The van der Waals surface area contributed by atoms with Gasteiger partial charge in [-0.2, -0.15) is 0 Å². The highest BCUT2D eigenvalue weighted by molar-refractivity contribution is 5.88. The Bertz CT molecular complexity index is 864. The van der Waals surface area contributed by atoms with Gasteiger partial charge in [0, 0.05) is 12.3 Å². The van der Waals surface area contributed by atoms with E-state index in [0.717, 1.165) is 32.1 Å². The van der Waals surface area contributed by atoms with E-state index in [1.807, 2.05) is 0 Å². The van der Waals surface area contributed by atoms with Crippen molar-refractivity contribution >= 4 is 5.78 Å². The summed E-state index contributed by atoms with van der Waals surface area (Å²) >= 11 is 0. The van der Waals surface area contributed by atoms with Crippen molar-refractivity contribution < 1.29 is 15.0 Å². The summed E-state index contributed by atoms with van der Waals surface area (Å²) in [5.74, 6) is 1.27.